The molecule has 0 N–H and O–H groups in total. The molecule has 1 saturated carbocycles. The molecule has 4 rings (SSSR count). The summed E-state index contributed by atoms with van der Waals surface area (Å²) in [5.41, 5.74) is 1.46. The van der Waals surface area contributed by atoms with Crippen LogP contribution in [0.4, 0.5) is 0 Å². The molecule has 0 amide bonds. The fourth-order valence-corrected chi connectivity index (χ4v) is 4.42. The molecule has 3 heteroatoms. The Labute approximate surface area is 152 Å². The highest BCUT2D eigenvalue weighted by Gasteiger charge is 2.33. The van der Waals surface area contributed by atoms with Crippen molar-refractivity contribution >= 4 is 0 Å². The molecule has 3 fully saturated rings. The summed E-state index contributed by atoms with van der Waals surface area (Å²) in [7, 11) is 0. The predicted molar refractivity (Wildman–Crippen MR) is 101 cm³/mol. The van der Waals surface area contributed by atoms with E-state index >= 15 is 0 Å². The minimum absolute atomic E-state index is 0.429. The second-order valence-corrected chi connectivity index (χ2v) is 8.37. The van der Waals surface area contributed by atoms with Gasteiger partial charge >= 0.3 is 0 Å². The molecule has 0 spiro atoms. The third-order valence-electron chi connectivity index (χ3n) is 6.19. The number of nitrogens with zero attached hydrogens (tertiary/aromatic N) is 1. The molecule has 1 aromatic rings. The summed E-state index contributed by atoms with van der Waals surface area (Å²) < 4.78 is 12.0. The number of piperidine rings is 1. The van der Waals surface area contributed by atoms with Crippen molar-refractivity contribution in [3.8, 4) is 0 Å². The second kappa shape index (κ2) is 8.66. The molecule has 2 saturated heterocycles. The minimum atomic E-state index is 0.429. The van der Waals surface area contributed by atoms with E-state index in [0.717, 1.165) is 32.2 Å². The quantitative estimate of drug-likeness (QED) is 0.752. The van der Waals surface area contributed by atoms with Gasteiger partial charge < -0.3 is 14.4 Å². The lowest BCUT2D eigenvalue weighted by Gasteiger charge is -2.39. The standard InChI is InChI=1S/C22H33NO2/c1-2-4-18(5-3-1)14-21-16-23(15-19-6-7-19)11-8-22(21)25-17-20-9-12-24-13-10-20/h1-5,19-22H,6-17H2/t21-,22-/m0/s1. The maximum absolute atomic E-state index is 6.49. The number of ether oxygens (including phenoxy) is 2. The monoisotopic (exact) mass is 343 g/mol. The zero-order chi connectivity index (χ0) is 16.9. The summed E-state index contributed by atoms with van der Waals surface area (Å²) in [5, 5.41) is 0. The third kappa shape index (κ3) is 5.29. The van der Waals surface area contributed by atoms with Gasteiger partial charge in [0.25, 0.3) is 0 Å². The van der Waals surface area contributed by atoms with Gasteiger partial charge in [-0.3, -0.25) is 0 Å². The number of rotatable bonds is 7. The van der Waals surface area contributed by atoms with Crippen LogP contribution in [0.25, 0.3) is 0 Å². The molecule has 0 radical (unpaired) electrons. The summed E-state index contributed by atoms with van der Waals surface area (Å²) in [6, 6.07) is 11.0. The molecular formula is C22H33NO2. The first-order chi connectivity index (χ1) is 12.4. The smallest absolute Gasteiger partial charge is 0.0631 e. The van der Waals surface area contributed by atoms with E-state index in [1.807, 2.05) is 0 Å². The van der Waals surface area contributed by atoms with Crippen LogP contribution in [0, 0.1) is 17.8 Å². The second-order valence-electron chi connectivity index (χ2n) is 8.37. The average molecular weight is 344 g/mol. The van der Waals surface area contributed by atoms with Crippen LogP contribution in [0.2, 0.25) is 0 Å². The predicted octanol–water partition coefficient (Wildman–Crippen LogP) is 3.77. The maximum Gasteiger partial charge on any atom is 0.0631 e. The highest BCUT2D eigenvalue weighted by atomic mass is 16.5. The van der Waals surface area contributed by atoms with Crippen molar-refractivity contribution in [3.05, 3.63) is 35.9 Å². The van der Waals surface area contributed by atoms with Crippen LogP contribution in [0.1, 0.15) is 37.7 Å². The van der Waals surface area contributed by atoms with Crippen LogP contribution in [0.5, 0.6) is 0 Å². The molecule has 2 heterocycles. The Hall–Kier alpha value is -0.900. The van der Waals surface area contributed by atoms with Gasteiger partial charge in [-0.2, -0.15) is 0 Å². The summed E-state index contributed by atoms with van der Waals surface area (Å²) in [5.74, 6) is 2.32. The molecule has 3 nitrogen and oxygen atoms in total. The van der Waals surface area contributed by atoms with Crippen LogP contribution < -0.4 is 0 Å². The lowest BCUT2D eigenvalue weighted by Crippen LogP contribution is -2.46. The van der Waals surface area contributed by atoms with Crippen molar-refractivity contribution in [1.82, 2.24) is 4.90 Å². The molecule has 0 bridgehead atoms. The fourth-order valence-electron chi connectivity index (χ4n) is 4.42. The van der Waals surface area contributed by atoms with E-state index in [1.54, 1.807) is 0 Å². The topological polar surface area (TPSA) is 21.7 Å². The van der Waals surface area contributed by atoms with E-state index < -0.39 is 0 Å². The Balaban J connectivity index is 1.34. The third-order valence-corrected chi connectivity index (χ3v) is 6.19. The van der Waals surface area contributed by atoms with Crippen molar-refractivity contribution < 1.29 is 9.47 Å². The normalized spacial score (nSPS) is 29.0. The van der Waals surface area contributed by atoms with E-state index in [9.17, 15) is 0 Å². The molecule has 0 aromatic heterocycles. The van der Waals surface area contributed by atoms with Crippen LogP contribution >= 0.6 is 0 Å². The van der Waals surface area contributed by atoms with Gasteiger partial charge in [0.2, 0.25) is 0 Å². The van der Waals surface area contributed by atoms with E-state index in [1.165, 1.54) is 57.3 Å². The number of likely N-dealkylation sites (tertiary alicyclic amines) is 1. The van der Waals surface area contributed by atoms with Gasteiger partial charge in [-0.05, 0) is 55.9 Å². The van der Waals surface area contributed by atoms with Gasteiger partial charge in [-0.15, -0.1) is 0 Å². The van der Waals surface area contributed by atoms with Gasteiger partial charge in [0.05, 0.1) is 6.10 Å². The first-order valence-electron chi connectivity index (χ1n) is 10.3. The van der Waals surface area contributed by atoms with Crippen molar-refractivity contribution in [2.45, 2.75) is 44.6 Å². The Kier molecular flexibility index (Phi) is 6.06. The zero-order valence-corrected chi connectivity index (χ0v) is 15.4. The molecule has 3 aliphatic rings. The van der Waals surface area contributed by atoms with E-state index in [4.69, 9.17) is 9.47 Å². The van der Waals surface area contributed by atoms with E-state index in [-0.39, 0.29) is 0 Å². The Bertz CT molecular complexity index is 510. The van der Waals surface area contributed by atoms with Crippen LogP contribution in [-0.2, 0) is 15.9 Å². The first-order valence-corrected chi connectivity index (χ1v) is 10.3. The number of hydrogen-bond acceptors (Lipinski definition) is 3. The highest BCUT2D eigenvalue weighted by molar-refractivity contribution is 5.16. The molecule has 138 valence electrons. The van der Waals surface area contributed by atoms with E-state index in [2.05, 4.69) is 35.2 Å². The van der Waals surface area contributed by atoms with Crippen molar-refractivity contribution in [3.63, 3.8) is 0 Å². The Morgan fingerprint density at radius 3 is 2.52 bits per heavy atom. The van der Waals surface area contributed by atoms with Gasteiger partial charge in [0.1, 0.15) is 0 Å². The largest absolute Gasteiger partial charge is 0.381 e. The number of benzene rings is 1. The minimum Gasteiger partial charge on any atom is -0.381 e. The lowest BCUT2D eigenvalue weighted by molar-refractivity contribution is -0.0611. The molecular weight excluding hydrogens is 310 g/mol. The summed E-state index contributed by atoms with van der Waals surface area (Å²) >= 11 is 0. The molecule has 0 unspecified atom stereocenters. The van der Waals surface area contributed by atoms with Crippen molar-refractivity contribution in [1.29, 1.82) is 0 Å². The molecule has 1 aromatic carbocycles. The van der Waals surface area contributed by atoms with Crippen LogP contribution in [0.15, 0.2) is 30.3 Å². The van der Waals surface area contributed by atoms with Gasteiger partial charge in [0, 0.05) is 45.4 Å². The first kappa shape index (κ1) is 17.5. The van der Waals surface area contributed by atoms with Crippen LogP contribution in [0.3, 0.4) is 0 Å². The molecule has 25 heavy (non-hydrogen) atoms. The molecule has 2 aliphatic heterocycles. The van der Waals surface area contributed by atoms with Gasteiger partial charge in [-0.1, -0.05) is 30.3 Å². The van der Waals surface area contributed by atoms with Gasteiger partial charge in [-0.25, -0.2) is 0 Å². The zero-order valence-electron chi connectivity index (χ0n) is 15.4. The summed E-state index contributed by atoms with van der Waals surface area (Å²) in [6.07, 6.45) is 8.02. The summed E-state index contributed by atoms with van der Waals surface area (Å²) in [4.78, 5) is 2.71. The van der Waals surface area contributed by atoms with Gasteiger partial charge in [0.15, 0.2) is 0 Å². The Morgan fingerprint density at radius 2 is 1.76 bits per heavy atom. The maximum atomic E-state index is 6.49. The fraction of sp³-hybridized carbons (Fsp3) is 0.727. The lowest BCUT2D eigenvalue weighted by atomic mass is 9.88. The summed E-state index contributed by atoms with van der Waals surface area (Å²) in [6.45, 7) is 6.52. The van der Waals surface area contributed by atoms with Crippen LogP contribution in [-0.4, -0.2) is 50.5 Å². The SMILES string of the molecule is c1ccc(C[C@H]2CN(CC3CC3)CC[C@@H]2OCC2CCOCC2)cc1. The highest BCUT2D eigenvalue weighted by Crippen LogP contribution is 2.32. The van der Waals surface area contributed by atoms with Crippen molar-refractivity contribution in [2.24, 2.45) is 17.8 Å². The molecule has 2 atom stereocenters. The number of hydrogen-bond donors (Lipinski definition) is 0. The average Bonchev–Trinajstić information content (AvgIpc) is 3.47. The molecule has 1 aliphatic carbocycles. The Morgan fingerprint density at radius 1 is 0.960 bits per heavy atom. The van der Waals surface area contributed by atoms with Crippen molar-refractivity contribution in [2.75, 3.05) is 39.5 Å². The van der Waals surface area contributed by atoms with E-state index in [0.29, 0.717) is 17.9 Å².